The Hall–Kier alpha value is -3.42. The lowest BCUT2D eigenvalue weighted by atomic mass is 9.99. The van der Waals surface area contributed by atoms with Crippen LogP contribution in [-0.4, -0.2) is 15.8 Å². The Morgan fingerprint density at radius 1 is 1.40 bits per heavy atom. The highest BCUT2D eigenvalue weighted by Crippen LogP contribution is 2.38. The van der Waals surface area contributed by atoms with Crippen molar-refractivity contribution in [2.45, 2.75) is 19.4 Å². The number of amides is 1. The number of hydrogen-bond acceptors (Lipinski definition) is 6. The molecule has 0 aliphatic heterocycles. The van der Waals surface area contributed by atoms with Crippen LogP contribution in [0.2, 0.25) is 0 Å². The van der Waals surface area contributed by atoms with Gasteiger partial charge in [-0.25, -0.2) is 0 Å². The second-order valence-electron chi connectivity index (χ2n) is 5.34. The molecule has 1 atom stereocenters. The summed E-state index contributed by atoms with van der Waals surface area (Å²) in [7, 11) is 0. The average Bonchev–Trinajstić information content (AvgIpc) is 3.14. The van der Waals surface area contributed by atoms with Crippen LogP contribution in [0.4, 0.5) is 5.69 Å². The fraction of sp³-hybridized carbons (Fsp3) is 0.176. The van der Waals surface area contributed by atoms with Crippen LogP contribution in [0, 0.1) is 10.1 Å². The largest absolute Gasteiger partial charge is 0.871 e. The van der Waals surface area contributed by atoms with Crippen LogP contribution >= 0.6 is 0 Å². The molecular formula is C17H14N3O5-. The number of rotatable bonds is 5. The second kappa shape index (κ2) is 6.60. The number of nitro groups is 1. The van der Waals surface area contributed by atoms with Crippen LogP contribution in [0.5, 0.6) is 5.75 Å². The summed E-state index contributed by atoms with van der Waals surface area (Å²) < 4.78 is 5.32. The first-order chi connectivity index (χ1) is 12.0. The number of fused-ring (bicyclic) bond motifs is 1. The van der Waals surface area contributed by atoms with Crippen LogP contribution in [0.3, 0.4) is 0 Å². The van der Waals surface area contributed by atoms with Crippen LogP contribution in [-0.2, 0) is 4.79 Å². The third-order valence-electron chi connectivity index (χ3n) is 3.81. The predicted octanol–water partition coefficient (Wildman–Crippen LogP) is 2.43. The summed E-state index contributed by atoms with van der Waals surface area (Å²) >= 11 is 0. The SMILES string of the molecule is CCC(=O)N[C@H](c1ccco1)c1cc([N+](=O)[O-])c2cccnc2c1[O-]. The van der Waals surface area contributed by atoms with Gasteiger partial charge in [-0.1, -0.05) is 12.7 Å². The van der Waals surface area contributed by atoms with E-state index in [1.807, 2.05) is 0 Å². The van der Waals surface area contributed by atoms with Crippen molar-refractivity contribution in [1.29, 1.82) is 0 Å². The van der Waals surface area contributed by atoms with E-state index in [0.717, 1.165) is 0 Å². The number of nitrogens with zero attached hydrogens (tertiary/aromatic N) is 2. The van der Waals surface area contributed by atoms with Gasteiger partial charge in [0.25, 0.3) is 5.69 Å². The molecule has 0 saturated carbocycles. The van der Waals surface area contributed by atoms with E-state index in [-0.39, 0.29) is 34.5 Å². The van der Waals surface area contributed by atoms with Gasteiger partial charge in [-0.15, -0.1) is 0 Å². The number of aromatic nitrogens is 1. The highest BCUT2D eigenvalue weighted by atomic mass is 16.6. The van der Waals surface area contributed by atoms with Gasteiger partial charge in [-0.2, -0.15) is 0 Å². The number of carbonyl (C=O) groups is 1. The van der Waals surface area contributed by atoms with E-state index in [0.29, 0.717) is 5.76 Å². The average molecular weight is 340 g/mol. The highest BCUT2D eigenvalue weighted by molar-refractivity contribution is 5.93. The van der Waals surface area contributed by atoms with Crippen LogP contribution in [0.25, 0.3) is 10.9 Å². The molecule has 1 N–H and O–H groups in total. The molecule has 0 unspecified atom stereocenters. The number of hydrogen-bond donors (Lipinski definition) is 1. The van der Waals surface area contributed by atoms with Crippen LogP contribution in [0.15, 0.2) is 47.2 Å². The maximum Gasteiger partial charge on any atom is 0.279 e. The number of benzene rings is 1. The van der Waals surface area contributed by atoms with Crippen molar-refractivity contribution in [2.75, 3.05) is 0 Å². The molecular weight excluding hydrogens is 326 g/mol. The molecule has 25 heavy (non-hydrogen) atoms. The minimum absolute atomic E-state index is 0.0194. The Balaban J connectivity index is 2.25. The van der Waals surface area contributed by atoms with Crippen molar-refractivity contribution >= 4 is 22.5 Å². The highest BCUT2D eigenvalue weighted by Gasteiger charge is 2.24. The Bertz CT molecular complexity index is 937. The van der Waals surface area contributed by atoms with Crippen molar-refractivity contribution in [3.8, 4) is 5.75 Å². The van der Waals surface area contributed by atoms with E-state index in [9.17, 15) is 20.0 Å². The van der Waals surface area contributed by atoms with E-state index in [2.05, 4.69) is 10.3 Å². The van der Waals surface area contributed by atoms with Crippen molar-refractivity contribution in [2.24, 2.45) is 0 Å². The molecule has 1 aromatic carbocycles. The molecule has 3 rings (SSSR count). The van der Waals surface area contributed by atoms with Gasteiger partial charge in [0, 0.05) is 18.7 Å². The van der Waals surface area contributed by atoms with Crippen LogP contribution in [0.1, 0.15) is 30.7 Å². The molecule has 0 aliphatic carbocycles. The van der Waals surface area contributed by atoms with Crippen molar-refractivity contribution < 1.29 is 19.2 Å². The molecule has 8 heteroatoms. The molecule has 0 bridgehead atoms. The molecule has 0 fully saturated rings. The monoisotopic (exact) mass is 340 g/mol. The summed E-state index contributed by atoms with van der Waals surface area (Å²) in [4.78, 5) is 26.7. The fourth-order valence-corrected chi connectivity index (χ4v) is 2.61. The first-order valence-corrected chi connectivity index (χ1v) is 7.58. The smallest absolute Gasteiger partial charge is 0.279 e. The minimum Gasteiger partial charge on any atom is -0.871 e. The van der Waals surface area contributed by atoms with E-state index >= 15 is 0 Å². The number of carbonyl (C=O) groups excluding carboxylic acids is 1. The van der Waals surface area contributed by atoms with E-state index in [4.69, 9.17) is 4.42 Å². The summed E-state index contributed by atoms with van der Waals surface area (Å²) in [6.07, 6.45) is 2.99. The normalized spacial score (nSPS) is 12.0. The molecule has 0 spiro atoms. The number of nitro benzene ring substituents is 1. The number of pyridine rings is 1. The topological polar surface area (TPSA) is 121 Å². The zero-order valence-corrected chi connectivity index (χ0v) is 13.3. The zero-order chi connectivity index (χ0) is 18.0. The first-order valence-electron chi connectivity index (χ1n) is 7.58. The van der Waals surface area contributed by atoms with Crippen molar-refractivity contribution in [3.05, 3.63) is 64.2 Å². The molecule has 8 nitrogen and oxygen atoms in total. The molecule has 2 heterocycles. The Morgan fingerprint density at radius 3 is 2.84 bits per heavy atom. The lowest BCUT2D eigenvalue weighted by Crippen LogP contribution is -2.29. The Morgan fingerprint density at radius 2 is 2.20 bits per heavy atom. The lowest BCUT2D eigenvalue weighted by molar-refractivity contribution is -0.383. The van der Waals surface area contributed by atoms with Gasteiger partial charge in [0.15, 0.2) is 0 Å². The van der Waals surface area contributed by atoms with Crippen molar-refractivity contribution in [3.63, 3.8) is 0 Å². The molecule has 0 radical (unpaired) electrons. The molecule has 128 valence electrons. The van der Waals surface area contributed by atoms with Gasteiger partial charge < -0.3 is 14.8 Å². The standard InChI is InChI=1S/C17H15N3O5/c1-2-14(21)19-15(13-6-4-8-25-13)11-9-12(20(23)24)10-5-3-7-18-16(10)17(11)22/h3-9,15,22H,2H2,1H3,(H,19,21)/p-1/t15-/m0/s1. The summed E-state index contributed by atoms with van der Waals surface area (Å²) in [5.74, 6) is -0.493. The third kappa shape index (κ3) is 3.01. The number of non-ortho nitro benzene ring substituents is 1. The van der Waals surface area contributed by atoms with Crippen LogP contribution < -0.4 is 10.4 Å². The summed E-state index contributed by atoms with van der Waals surface area (Å²) in [6.45, 7) is 1.66. The summed E-state index contributed by atoms with van der Waals surface area (Å²) in [5, 5.41) is 27.1. The first kappa shape index (κ1) is 16.4. The third-order valence-corrected chi connectivity index (χ3v) is 3.81. The maximum absolute atomic E-state index is 12.8. The lowest BCUT2D eigenvalue weighted by Gasteiger charge is -2.23. The number of furan rings is 1. The fourth-order valence-electron chi connectivity index (χ4n) is 2.61. The molecule has 2 aromatic heterocycles. The minimum atomic E-state index is -0.931. The van der Waals surface area contributed by atoms with Gasteiger partial charge in [0.05, 0.1) is 22.1 Å². The van der Waals surface area contributed by atoms with Gasteiger partial charge in [-0.3, -0.25) is 19.9 Å². The predicted molar refractivity (Wildman–Crippen MR) is 86.8 cm³/mol. The maximum atomic E-state index is 12.8. The van der Waals surface area contributed by atoms with Gasteiger partial charge in [0.1, 0.15) is 11.8 Å². The quantitative estimate of drug-likeness (QED) is 0.562. The van der Waals surface area contributed by atoms with E-state index < -0.39 is 16.7 Å². The second-order valence-corrected chi connectivity index (χ2v) is 5.34. The molecule has 0 saturated heterocycles. The summed E-state index contributed by atoms with van der Waals surface area (Å²) in [5.41, 5.74) is -0.233. The van der Waals surface area contributed by atoms with Gasteiger partial charge >= 0.3 is 0 Å². The summed E-state index contributed by atoms with van der Waals surface area (Å²) in [6, 6.07) is 6.44. The van der Waals surface area contributed by atoms with E-state index in [1.54, 1.807) is 19.1 Å². The Labute approximate surface area is 142 Å². The molecule has 3 aromatic rings. The van der Waals surface area contributed by atoms with Gasteiger partial charge in [0.2, 0.25) is 5.91 Å². The van der Waals surface area contributed by atoms with Crippen molar-refractivity contribution in [1.82, 2.24) is 10.3 Å². The zero-order valence-electron chi connectivity index (χ0n) is 13.3. The Kier molecular flexibility index (Phi) is 4.34. The van der Waals surface area contributed by atoms with Gasteiger partial charge in [-0.05, 0) is 29.8 Å². The molecule has 1 amide bonds. The van der Waals surface area contributed by atoms with E-state index in [1.165, 1.54) is 30.7 Å². The molecule has 0 aliphatic rings. The number of nitrogens with one attached hydrogen (secondary N) is 1.